The summed E-state index contributed by atoms with van der Waals surface area (Å²) in [5.74, 6) is 1.02. The fourth-order valence-corrected chi connectivity index (χ4v) is 3.79. The van der Waals surface area contributed by atoms with Gasteiger partial charge in [0, 0.05) is 25.8 Å². The number of aryl methyl sites for hydroxylation is 1. The number of amides is 2. The number of hydrogen-bond donors (Lipinski definition) is 2. The van der Waals surface area contributed by atoms with Gasteiger partial charge in [0.05, 0.1) is 6.04 Å². The molecule has 2 amide bonds. The van der Waals surface area contributed by atoms with E-state index in [9.17, 15) is 4.79 Å². The molecule has 0 radical (unpaired) electrons. The highest BCUT2D eigenvalue weighted by Crippen LogP contribution is 2.30. The van der Waals surface area contributed by atoms with Crippen LogP contribution in [0, 0.1) is 0 Å². The SMILES string of the molecule is O=C(NCc1ccnc(N2CCCC2)c1)NC1CCc2ccccc21. The van der Waals surface area contributed by atoms with Gasteiger partial charge in [-0.25, -0.2) is 9.78 Å². The fraction of sp³-hybridized carbons (Fsp3) is 0.400. The topological polar surface area (TPSA) is 57.3 Å². The summed E-state index contributed by atoms with van der Waals surface area (Å²) in [6.07, 6.45) is 6.30. The van der Waals surface area contributed by atoms with E-state index in [0.717, 1.165) is 37.3 Å². The second-order valence-corrected chi connectivity index (χ2v) is 6.83. The van der Waals surface area contributed by atoms with E-state index in [0.29, 0.717) is 6.54 Å². The zero-order valence-electron chi connectivity index (χ0n) is 14.4. The minimum absolute atomic E-state index is 0.110. The number of benzene rings is 1. The Labute approximate surface area is 148 Å². The smallest absolute Gasteiger partial charge is 0.315 e. The average molecular weight is 336 g/mol. The maximum absolute atomic E-state index is 12.3. The van der Waals surface area contributed by atoms with E-state index in [-0.39, 0.29) is 12.1 Å². The van der Waals surface area contributed by atoms with Gasteiger partial charge in [-0.2, -0.15) is 0 Å². The highest BCUT2D eigenvalue weighted by Gasteiger charge is 2.23. The van der Waals surface area contributed by atoms with Crippen LogP contribution in [-0.4, -0.2) is 24.1 Å². The third kappa shape index (κ3) is 3.60. The molecule has 5 heteroatoms. The first-order valence-electron chi connectivity index (χ1n) is 9.11. The van der Waals surface area contributed by atoms with Crippen molar-refractivity contribution in [3.63, 3.8) is 0 Å². The molecule has 1 fully saturated rings. The molecular weight excluding hydrogens is 312 g/mol. The van der Waals surface area contributed by atoms with Gasteiger partial charge in [-0.15, -0.1) is 0 Å². The largest absolute Gasteiger partial charge is 0.357 e. The molecule has 1 aromatic carbocycles. The molecule has 2 heterocycles. The molecule has 2 N–H and O–H groups in total. The Morgan fingerprint density at radius 1 is 1.20 bits per heavy atom. The number of urea groups is 1. The van der Waals surface area contributed by atoms with Crippen molar-refractivity contribution in [1.82, 2.24) is 15.6 Å². The van der Waals surface area contributed by atoms with E-state index in [4.69, 9.17) is 0 Å². The van der Waals surface area contributed by atoms with Gasteiger partial charge in [0.2, 0.25) is 0 Å². The quantitative estimate of drug-likeness (QED) is 0.902. The number of fused-ring (bicyclic) bond motifs is 1. The van der Waals surface area contributed by atoms with Crippen molar-refractivity contribution in [2.24, 2.45) is 0 Å². The van der Waals surface area contributed by atoms with Crippen LogP contribution >= 0.6 is 0 Å². The van der Waals surface area contributed by atoms with Crippen LogP contribution in [0.25, 0.3) is 0 Å². The van der Waals surface area contributed by atoms with Gasteiger partial charge in [0.1, 0.15) is 5.82 Å². The van der Waals surface area contributed by atoms with Gasteiger partial charge >= 0.3 is 6.03 Å². The number of nitrogens with one attached hydrogen (secondary N) is 2. The monoisotopic (exact) mass is 336 g/mol. The fourth-order valence-electron chi connectivity index (χ4n) is 3.79. The summed E-state index contributed by atoms with van der Waals surface area (Å²) in [5, 5.41) is 6.08. The Morgan fingerprint density at radius 2 is 2.04 bits per heavy atom. The number of nitrogens with zero attached hydrogens (tertiary/aromatic N) is 2. The van der Waals surface area contributed by atoms with Crippen molar-refractivity contribution in [3.05, 3.63) is 59.3 Å². The molecule has 1 aliphatic carbocycles. The third-order valence-corrected chi connectivity index (χ3v) is 5.13. The van der Waals surface area contributed by atoms with E-state index < -0.39 is 0 Å². The van der Waals surface area contributed by atoms with Crippen LogP contribution in [0.1, 0.15) is 42.0 Å². The van der Waals surface area contributed by atoms with Crippen LogP contribution in [0.5, 0.6) is 0 Å². The number of aromatic nitrogens is 1. The Kier molecular flexibility index (Phi) is 4.55. The van der Waals surface area contributed by atoms with Crippen molar-refractivity contribution < 1.29 is 4.79 Å². The lowest BCUT2D eigenvalue weighted by atomic mass is 10.1. The molecular formula is C20H24N4O. The van der Waals surface area contributed by atoms with Crippen molar-refractivity contribution in [1.29, 1.82) is 0 Å². The second-order valence-electron chi connectivity index (χ2n) is 6.83. The maximum atomic E-state index is 12.3. The highest BCUT2D eigenvalue weighted by molar-refractivity contribution is 5.74. The van der Waals surface area contributed by atoms with Crippen molar-refractivity contribution in [2.45, 2.75) is 38.3 Å². The predicted octanol–water partition coefficient (Wildman–Crippen LogP) is 3.17. The Hall–Kier alpha value is -2.56. The molecule has 5 nitrogen and oxygen atoms in total. The lowest BCUT2D eigenvalue weighted by molar-refractivity contribution is 0.236. The number of carbonyl (C=O) groups excluding carboxylic acids is 1. The number of rotatable bonds is 4. The molecule has 1 saturated heterocycles. The molecule has 0 bridgehead atoms. The highest BCUT2D eigenvalue weighted by atomic mass is 16.2. The second kappa shape index (κ2) is 7.13. The zero-order chi connectivity index (χ0) is 17.1. The van der Waals surface area contributed by atoms with Crippen molar-refractivity contribution >= 4 is 11.8 Å². The summed E-state index contributed by atoms with van der Waals surface area (Å²) in [7, 11) is 0. The van der Waals surface area contributed by atoms with E-state index in [1.54, 1.807) is 0 Å². The van der Waals surface area contributed by atoms with Gasteiger partial charge in [-0.1, -0.05) is 24.3 Å². The van der Waals surface area contributed by atoms with E-state index in [2.05, 4.69) is 44.8 Å². The van der Waals surface area contributed by atoms with E-state index >= 15 is 0 Å². The standard InChI is InChI=1S/C20H24N4O/c25-20(23-18-8-7-16-5-1-2-6-17(16)18)22-14-15-9-10-21-19(13-15)24-11-3-4-12-24/h1-2,5-6,9-10,13,18H,3-4,7-8,11-12,14H2,(H2,22,23,25). The summed E-state index contributed by atoms with van der Waals surface area (Å²) in [6, 6.07) is 12.4. The molecule has 25 heavy (non-hydrogen) atoms. The molecule has 4 rings (SSSR count). The Morgan fingerprint density at radius 3 is 2.92 bits per heavy atom. The van der Waals surface area contributed by atoms with E-state index in [1.807, 2.05) is 18.3 Å². The summed E-state index contributed by atoms with van der Waals surface area (Å²) in [6.45, 7) is 2.67. The Balaban J connectivity index is 1.33. The first kappa shape index (κ1) is 15.9. The minimum atomic E-state index is -0.110. The minimum Gasteiger partial charge on any atom is -0.357 e. The molecule has 1 atom stereocenters. The summed E-state index contributed by atoms with van der Waals surface area (Å²) >= 11 is 0. The van der Waals surface area contributed by atoms with E-state index in [1.165, 1.54) is 24.0 Å². The molecule has 2 aromatic rings. The lowest BCUT2D eigenvalue weighted by Crippen LogP contribution is -2.37. The maximum Gasteiger partial charge on any atom is 0.315 e. The lowest BCUT2D eigenvalue weighted by Gasteiger charge is -2.17. The van der Waals surface area contributed by atoms with Crippen LogP contribution < -0.4 is 15.5 Å². The molecule has 130 valence electrons. The third-order valence-electron chi connectivity index (χ3n) is 5.13. The average Bonchev–Trinajstić information content (AvgIpc) is 3.31. The van der Waals surface area contributed by atoms with Crippen molar-refractivity contribution in [2.75, 3.05) is 18.0 Å². The molecule has 1 aromatic heterocycles. The molecule has 0 spiro atoms. The first-order chi connectivity index (χ1) is 12.3. The number of carbonyl (C=O) groups is 1. The number of anilines is 1. The first-order valence-corrected chi connectivity index (χ1v) is 9.11. The molecule has 1 aliphatic heterocycles. The Bertz CT molecular complexity index is 755. The van der Waals surface area contributed by atoms with Crippen LogP contribution in [-0.2, 0) is 13.0 Å². The van der Waals surface area contributed by atoms with Gasteiger partial charge in [0.15, 0.2) is 0 Å². The molecule has 2 aliphatic rings. The van der Waals surface area contributed by atoms with Crippen LogP contribution in [0.3, 0.4) is 0 Å². The van der Waals surface area contributed by atoms with Crippen LogP contribution in [0.4, 0.5) is 10.6 Å². The predicted molar refractivity (Wildman–Crippen MR) is 98.6 cm³/mol. The van der Waals surface area contributed by atoms with Crippen molar-refractivity contribution in [3.8, 4) is 0 Å². The normalized spacial score (nSPS) is 18.9. The molecule has 0 saturated carbocycles. The number of hydrogen-bond acceptors (Lipinski definition) is 3. The van der Waals surface area contributed by atoms with Gasteiger partial charge < -0.3 is 15.5 Å². The van der Waals surface area contributed by atoms with Crippen LogP contribution in [0.2, 0.25) is 0 Å². The summed E-state index contributed by atoms with van der Waals surface area (Å²) in [5.41, 5.74) is 3.67. The number of pyridine rings is 1. The van der Waals surface area contributed by atoms with Gasteiger partial charge in [-0.05, 0) is 54.5 Å². The zero-order valence-corrected chi connectivity index (χ0v) is 14.4. The molecule has 1 unspecified atom stereocenters. The van der Waals surface area contributed by atoms with Gasteiger partial charge in [0.25, 0.3) is 0 Å². The summed E-state index contributed by atoms with van der Waals surface area (Å²) < 4.78 is 0. The van der Waals surface area contributed by atoms with Gasteiger partial charge in [-0.3, -0.25) is 0 Å². The summed E-state index contributed by atoms with van der Waals surface area (Å²) in [4.78, 5) is 19.0. The van der Waals surface area contributed by atoms with Crippen LogP contribution in [0.15, 0.2) is 42.6 Å².